The van der Waals surface area contributed by atoms with Crippen molar-refractivity contribution in [1.29, 1.82) is 0 Å². The van der Waals surface area contributed by atoms with Crippen LogP contribution < -0.4 is 5.56 Å². The van der Waals surface area contributed by atoms with E-state index < -0.39 is 34.4 Å². The quantitative estimate of drug-likeness (QED) is 0.145. The van der Waals surface area contributed by atoms with Crippen LogP contribution in [-0.4, -0.2) is 29.6 Å². The number of para-hydroxylation sites is 2. The molecule has 0 amide bonds. The van der Waals surface area contributed by atoms with Crippen molar-refractivity contribution in [1.82, 2.24) is 24.5 Å². The number of hydrogen-bond donors (Lipinski definition) is 2. The average Bonchev–Trinajstić information content (AvgIpc) is 3.52. The number of phenols is 1. The summed E-state index contributed by atoms with van der Waals surface area (Å²) in [6, 6.07) is 20.9. The lowest BCUT2D eigenvalue weighted by atomic mass is 9.78. The molecule has 0 bridgehead atoms. The number of hydrogen-bond acceptors (Lipinski definition) is 5. The van der Waals surface area contributed by atoms with Gasteiger partial charge in [0.15, 0.2) is 11.4 Å². The number of H-pyrrole nitrogens is 1. The Labute approximate surface area is 269 Å². The van der Waals surface area contributed by atoms with E-state index >= 15 is 4.39 Å². The third kappa shape index (κ3) is 4.73. The topological polar surface area (TPSA) is 96.7 Å². The zero-order chi connectivity index (χ0) is 33.2. The first-order valence-corrected chi connectivity index (χ1v) is 15.2. The molecule has 4 aromatic heterocycles. The number of aromatic amines is 1. The smallest absolute Gasteiger partial charge is 0.434 e. The lowest BCUT2D eigenvalue weighted by Gasteiger charge is -2.31. The summed E-state index contributed by atoms with van der Waals surface area (Å²) in [6.45, 7) is -0.215. The molecule has 0 spiro atoms. The third-order valence-electron chi connectivity index (χ3n) is 9.01. The third-order valence-corrected chi connectivity index (χ3v) is 9.01. The van der Waals surface area contributed by atoms with Crippen molar-refractivity contribution in [3.8, 4) is 17.1 Å². The Morgan fingerprint density at radius 1 is 0.917 bits per heavy atom. The molecular formula is C37H25F4N5O2. The lowest BCUT2D eigenvalue weighted by Crippen LogP contribution is -2.32. The number of nitrogens with zero attached hydrogens (tertiary/aromatic N) is 4. The van der Waals surface area contributed by atoms with Crippen molar-refractivity contribution in [3.05, 3.63) is 131 Å². The second-order valence-electron chi connectivity index (χ2n) is 11.8. The van der Waals surface area contributed by atoms with Gasteiger partial charge in [-0.2, -0.15) is 13.2 Å². The van der Waals surface area contributed by atoms with Crippen molar-refractivity contribution in [3.63, 3.8) is 0 Å². The molecule has 11 heteroatoms. The molecule has 0 radical (unpaired) electrons. The first-order chi connectivity index (χ1) is 23.1. The van der Waals surface area contributed by atoms with Gasteiger partial charge in [0, 0.05) is 58.2 Å². The van der Waals surface area contributed by atoms with Crippen molar-refractivity contribution in [2.75, 3.05) is 0 Å². The van der Waals surface area contributed by atoms with Crippen molar-refractivity contribution >= 4 is 43.6 Å². The number of nitrogens with one attached hydrogen (secondary N) is 1. The van der Waals surface area contributed by atoms with Crippen LogP contribution in [0, 0.1) is 5.92 Å². The summed E-state index contributed by atoms with van der Waals surface area (Å²) in [6.07, 6.45) is 4.10. The van der Waals surface area contributed by atoms with Crippen molar-refractivity contribution < 1.29 is 22.7 Å². The summed E-state index contributed by atoms with van der Waals surface area (Å²) in [5.74, 6) is -1.13. The van der Waals surface area contributed by atoms with E-state index in [0.29, 0.717) is 27.4 Å². The predicted octanol–water partition coefficient (Wildman–Crippen LogP) is 8.36. The zero-order valence-corrected chi connectivity index (χ0v) is 25.0. The normalized spacial score (nSPS) is 18.0. The van der Waals surface area contributed by atoms with Gasteiger partial charge >= 0.3 is 6.18 Å². The Morgan fingerprint density at radius 3 is 2.58 bits per heavy atom. The predicted molar refractivity (Wildman–Crippen MR) is 176 cm³/mol. The van der Waals surface area contributed by atoms with Gasteiger partial charge in [-0.15, -0.1) is 0 Å². The Morgan fingerprint density at radius 2 is 1.73 bits per heavy atom. The number of rotatable bonds is 5. The van der Waals surface area contributed by atoms with Crippen LogP contribution in [0.5, 0.6) is 5.75 Å². The van der Waals surface area contributed by atoms with Gasteiger partial charge in [0.1, 0.15) is 11.6 Å². The molecule has 4 heterocycles. The summed E-state index contributed by atoms with van der Waals surface area (Å²) < 4.78 is 60.6. The molecule has 0 aliphatic heterocycles. The first kappa shape index (κ1) is 29.6. The number of phenolic OH excluding ortho intramolecular Hbond substituents is 1. The Balaban J connectivity index is 1.30. The zero-order valence-electron chi connectivity index (χ0n) is 25.0. The van der Waals surface area contributed by atoms with Gasteiger partial charge in [-0.1, -0.05) is 54.6 Å². The van der Waals surface area contributed by atoms with Crippen molar-refractivity contribution in [2.45, 2.75) is 24.8 Å². The highest BCUT2D eigenvalue weighted by Gasteiger charge is 2.41. The van der Waals surface area contributed by atoms with Gasteiger partial charge in [-0.3, -0.25) is 14.3 Å². The lowest BCUT2D eigenvalue weighted by molar-refractivity contribution is -0.139. The van der Waals surface area contributed by atoms with Crippen molar-refractivity contribution in [2.24, 2.45) is 5.92 Å². The van der Waals surface area contributed by atoms with E-state index in [4.69, 9.17) is 0 Å². The second-order valence-corrected chi connectivity index (χ2v) is 11.8. The monoisotopic (exact) mass is 647 g/mol. The molecular weight excluding hydrogens is 622 g/mol. The maximum Gasteiger partial charge on any atom is 0.434 e. The summed E-state index contributed by atoms with van der Waals surface area (Å²) in [5.41, 5.74) is -2.12. The van der Waals surface area contributed by atoms with Gasteiger partial charge in [-0.05, 0) is 42.8 Å². The summed E-state index contributed by atoms with van der Waals surface area (Å²) in [5, 5.41) is 12.7. The number of aromatic nitrogens is 5. The molecule has 7 aromatic rings. The molecule has 0 saturated heterocycles. The van der Waals surface area contributed by atoms with Gasteiger partial charge in [-0.25, -0.2) is 14.4 Å². The fourth-order valence-corrected chi connectivity index (χ4v) is 6.69. The number of benzene rings is 3. The minimum Gasteiger partial charge on any atom is -0.507 e. The summed E-state index contributed by atoms with van der Waals surface area (Å²) in [4.78, 5) is 29.9. The number of halogens is 4. The van der Waals surface area contributed by atoms with Crippen LogP contribution >= 0.6 is 0 Å². The molecule has 7 nitrogen and oxygen atoms in total. The molecule has 1 aliphatic rings. The standard InChI is InChI=1S/C37H25F4N5O2/c38-36(26-20-43-28-11-4-2-9-24(26)28)14-6-5-8-23(36)13-16-46-34(45-29-12-15-42-33(37(39,40)41)32(29)35(46)48)25-18-22-17-21-7-1-3-10-27(21)44-30(22)19-31(25)47/h1-12,14-15,17-20,23,43,47H,13,16H2. The molecule has 1 aliphatic carbocycles. The highest BCUT2D eigenvalue weighted by molar-refractivity contribution is 5.96. The molecule has 2 N–H and O–H groups in total. The summed E-state index contributed by atoms with van der Waals surface area (Å²) in [7, 11) is 0. The fraction of sp³-hybridized carbons (Fsp3) is 0.135. The number of allylic oxidation sites excluding steroid dienone is 4. The van der Waals surface area contributed by atoms with E-state index in [1.54, 1.807) is 30.5 Å². The molecule has 2 unspecified atom stereocenters. The minimum atomic E-state index is -4.93. The van der Waals surface area contributed by atoms with Crippen LogP contribution in [0.25, 0.3) is 55.0 Å². The SMILES string of the molecule is O=c1c2c(C(F)(F)F)nccc2nc(-c2cc3cc4ccccc4nc3cc2O)n1CCC1C=CC=CC1(F)c1c[nH]c2ccccc12. The van der Waals surface area contributed by atoms with E-state index in [9.17, 15) is 23.1 Å². The number of aromatic hydroxyl groups is 1. The molecule has 8 rings (SSSR count). The van der Waals surface area contributed by atoms with Crippen LogP contribution in [0.3, 0.4) is 0 Å². The maximum atomic E-state index is 17.1. The Kier molecular flexibility index (Phi) is 6.69. The van der Waals surface area contributed by atoms with E-state index in [0.717, 1.165) is 21.7 Å². The molecule has 238 valence electrons. The molecule has 0 saturated carbocycles. The molecule has 48 heavy (non-hydrogen) atoms. The van der Waals surface area contributed by atoms with E-state index in [1.165, 1.54) is 18.2 Å². The number of pyridine rings is 2. The van der Waals surface area contributed by atoms with E-state index in [2.05, 4.69) is 19.9 Å². The highest BCUT2D eigenvalue weighted by Crippen LogP contribution is 2.44. The Bertz CT molecular complexity index is 2530. The highest BCUT2D eigenvalue weighted by atomic mass is 19.4. The van der Waals surface area contributed by atoms with Crippen LogP contribution in [0.15, 0.2) is 114 Å². The van der Waals surface area contributed by atoms with E-state index in [1.807, 2.05) is 54.6 Å². The van der Waals surface area contributed by atoms with Crippen LogP contribution in [0.2, 0.25) is 0 Å². The van der Waals surface area contributed by atoms with E-state index in [-0.39, 0.29) is 35.6 Å². The minimum absolute atomic E-state index is 0.0130. The number of alkyl halides is 4. The van der Waals surface area contributed by atoms with Gasteiger partial charge < -0.3 is 10.1 Å². The van der Waals surface area contributed by atoms with Gasteiger partial charge in [0.2, 0.25) is 0 Å². The molecule has 2 atom stereocenters. The first-order valence-electron chi connectivity index (χ1n) is 15.2. The van der Waals surface area contributed by atoms with Gasteiger partial charge in [0.05, 0.1) is 27.5 Å². The maximum absolute atomic E-state index is 17.1. The molecule has 0 fully saturated rings. The fourth-order valence-electron chi connectivity index (χ4n) is 6.69. The summed E-state index contributed by atoms with van der Waals surface area (Å²) >= 11 is 0. The van der Waals surface area contributed by atoms with Gasteiger partial charge in [0.25, 0.3) is 5.56 Å². The van der Waals surface area contributed by atoms with Crippen LogP contribution in [0.1, 0.15) is 17.7 Å². The average molecular weight is 648 g/mol. The largest absolute Gasteiger partial charge is 0.507 e. The molecule has 3 aromatic carbocycles. The van der Waals surface area contributed by atoms with Crippen LogP contribution in [-0.2, 0) is 18.4 Å². The Hall–Kier alpha value is -5.84. The van der Waals surface area contributed by atoms with Crippen LogP contribution in [0.4, 0.5) is 17.6 Å². The second kappa shape index (κ2) is 10.9. The number of fused-ring (bicyclic) bond motifs is 4.